The molecule has 31 heavy (non-hydrogen) atoms. The second-order valence-corrected chi connectivity index (χ2v) is 10.6. The van der Waals surface area contributed by atoms with Gasteiger partial charge in [0.15, 0.2) is 0 Å². The molecular formula is C20H20Cl2N4O3S2. The first-order valence-corrected chi connectivity index (χ1v) is 12.7. The van der Waals surface area contributed by atoms with E-state index in [1.807, 2.05) is 31.2 Å². The van der Waals surface area contributed by atoms with Gasteiger partial charge in [0.05, 0.1) is 22.0 Å². The van der Waals surface area contributed by atoms with Gasteiger partial charge in [0.25, 0.3) is 0 Å². The molecule has 11 heteroatoms. The van der Waals surface area contributed by atoms with Gasteiger partial charge in [0.1, 0.15) is 5.01 Å². The van der Waals surface area contributed by atoms with Crippen LogP contribution in [0.25, 0.3) is 10.6 Å². The van der Waals surface area contributed by atoms with E-state index >= 15 is 0 Å². The summed E-state index contributed by atoms with van der Waals surface area (Å²) in [5, 5.41) is 12.5. The van der Waals surface area contributed by atoms with Crippen LogP contribution in [0.2, 0.25) is 10.0 Å². The van der Waals surface area contributed by atoms with Crippen molar-refractivity contribution in [2.45, 2.75) is 19.8 Å². The normalized spacial score (nSPS) is 11.4. The van der Waals surface area contributed by atoms with Crippen molar-refractivity contribution < 1.29 is 13.2 Å². The predicted octanol–water partition coefficient (Wildman–Crippen LogP) is 5.01. The number of aryl methyl sites for hydroxylation is 1. The molecule has 1 heterocycles. The highest BCUT2D eigenvalue weighted by Gasteiger charge is 2.19. The Balaban J connectivity index is 1.58. The molecule has 0 bridgehead atoms. The summed E-state index contributed by atoms with van der Waals surface area (Å²) < 4.78 is 25.6. The van der Waals surface area contributed by atoms with E-state index in [-0.39, 0.29) is 23.9 Å². The summed E-state index contributed by atoms with van der Waals surface area (Å²) in [5.74, 6) is -0.269. The van der Waals surface area contributed by atoms with Crippen molar-refractivity contribution in [3.8, 4) is 10.6 Å². The predicted molar refractivity (Wildman–Crippen MR) is 127 cm³/mol. The number of hydrogen-bond donors (Lipinski definition) is 1. The fourth-order valence-corrected chi connectivity index (χ4v) is 4.79. The minimum Gasteiger partial charge on any atom is -0.301 e. The van der Waals surface area contributed by atoms with Crippen molar-refractivity contribution in [2.75, 3.05) is 22.4 Å². The van der Waals surface area contributed by atoms with Crippen LogP contribution in [0.1, 0.15) is 18.4 Å². The standard InChI is InChI=1S/C20H20Cl2N4O3S2/c1-13-5-7-14(8-6-13)19-24-25-20(30-19)23-18(27)4-3-11-26(31(2,28)29)15-9-10-16(21)17(22)12-15/h5-10,12H,3-4,11H2,1-2H3,(H,23,25,27). The van der Waals surface area contributed by atoms with Crippen molar-refractivity contribution in [3.63, 3.8) is 0 Å². The lowest BCUT2D eigenvalue weighted by Gasteiger charge is -2.22. The first-order chi connectivity index (χ1) is 14.6. The molecule has 0 saturated heterocycles. The zero-order valence-corrected chi connectivity index (χ0v) is 19.9. The quantitative estimate of drug-likeness (QED) is 0.471. The second kappa shape index (κ2) is 9.95. The zero-order chi connectivity index (χ0) is 22.6. The van der Waals surface area contributed by atoms with Crippen molar-refractivity contribution in [1.82, 2.24) is 10.2 Å². The minimum absolute atomic E-state index is 0.118. The molecule has 0 aliphatic rings. The molecule has 3 rings (SSSR count). The molecule has 3 aromatic rings. The lowest BCUT2D eigenvalue weighted by atomic mass is 10.2. The number of nitrogens with one attached hydrogen (secondary N) is 1. The summed E-state index contributed by atoms with van der Waals surface area (Å²) in [7, 11) is -3.56. The number of halogens is 2. The van der Waals surface area contributed by atoms with Crippen molar-refractivity contribution in [1.29, 1.82) is 0 Å². The van der Waals surface area contributed by atoms with Crippen LogP contribution in [0.3, 0.4) is 0 Å². The van der Waals surface area contributed by atoms with Crippen LogP contribution >= 0.6 is 34.5 Å². The summed E-state index contributed by atoms with van der Waals surface area (Å²) in [5.41, 5.74) is 2.46. The number of aromatic nitrogens is 2. The van der Waals surface area contributed by atoms with Gasteiger partial charge in [-0.15, -0.1) is 10.2 Å². The molecule has 7 nitrogen and oxygen atoms in total. The van der Waals surface area contributed by atoms with Crippen LogP contribution in [-0.2, 0) is 14.8 Å². The molecule has 2 aromatic carbocycles. The second-order valence-electron chi connectivity index (χ2n) is 6.86. The molecule has 0 atom stereocenters. The number of carbonyl (C=O) groups is 1. The highest BCUT2D eigenvalue weighted by atomic mass is 35.5. The van der Waals surface area contributed by atoms with E-state index in [0.717, 1.165) is 17.4 Å². The number of sulfonamides is 1. The van der Waals surface area contributed by atoms with Crippen LogP contribution in [0.5, 0.6) is 0 Å². The number of benzene rings is 2. The van der Waals surface area contributed by atoms with E-state index in [2.05, 4.69) is 15.5 Å². The monoisotopic (exact) mass is 498 g/mol. The number of amides is 1. The van der Waals surface area contributed by atoms with E-state index in [0.29, 0.717) is 27.3 Å². The molecule has 1 amide bonds. The Bertz CT molecular complexity index is 1180. The van der Waals surface area contributed by atoms with Crippen molar-refractivity contribution in [2.24, 2.45) is 0 Å². The van der Waals surface area contributed by atoms with Gasteiger partial charge in [0, 0.05) is 18.5 Å². The average molecular weight is 499 g/mol. The van der Waals surface area contributed by atoms with E-state index < -0.39 is 10.0 Å². The van der Waals surface area contributed by atoms with Crippen molar-refractivity contribution in [3.05, 3.63) is 58.1 Å². The van der Waals surface area contributed by atoms with Gasteiger partial charge in [-0.05, 0) is 31.5 Å². The molecule has 0 aliphatic heterocycles. The Kier molecular flexibility index (Phi) is 7.53. The molecule has 0 spiro atoms. The maximum absolute atomic E-state index is 12.3. The maximum atomic E-state index is 12.3. The molecule has 1 N–H and O–H groups in total. The van der Waals surface area contributed by atoms with Crippen molar-refractivity contribution >= 4 is 61.3 Å². The molecule has 0 radical (unpaired) electrons. The first kappa shape index (κ1) is 23.5. The fraction of sp³-hybridized carbons (Fsp3) is 0.250. The van der Waals surface area contributed by atoms with Crippen LogP contribution in [-0.4, -0.2) is 37.3 Å². The van der Waals surface area contributed by atoms with Gasteiger partial charge < -0.3 is 5.32 Å². The molecule has 164 valence electrons. The number of anilines is 2. The van der Waals surface area contributed by atoms with Gasteiger partial charge in [-0.25, -0.2) is 8.42 Å². The fourth-order valence-electron chi connectivity index (χ4n) is 2.78. The van der Waals surface area contributed by atoms with Gasteiger partial charge in [-0.3, -0.25) is 9.10 Å². The van der Waals surface area contributed by atoms with Crippen LogP contribution in [0, 0.1) is 6.92 Å². The Morgan fingerprint density at radius 1 is 1.10 bits per heavy atom. The number of hydrogen-bond acceptors (Lipinski definition) is 6. The molecule has 0 saturated carbocycles. The Hall–Kier alpha value is -2.20. The van der Waals surface area contributed by atoms with Crippen LogP contribution in [0.15, 0.2) is 42.5 Å². The summed E-state index contributed by atoms with van der Waals surface area (Å²) >= 11 is 13.2. The molecule has 0 unspecified atom stereocenters. The van der Waals surface area contributed by atoms with E-state index in [9.17, 15) is 13.2 Å². The summed E-state index contributed by atoms with van der Waals surface area (Å²) in [4.78, 5) is 12.3. The Morgan fingerprint density at radius 3 is 2.45 bits per heavy atom. The summed E-state index contributed by atoms with van der Waals surface area (Å²) in [6.45, 7) is 2.12. The SMILES string of the molecule is Cc1ccc(-c2nnc(NC(=O)CCCN(c3ccc(Cl)c(Cl)c3)S(C)(=O)=O)s2)cc1. The van der Waals surface area contributed by atoms with E-state index in [4.69, 9.17) is 23.2 Å². The largest absolute Gasteiger partial charge is 0.301 e. The minimum atomic E-state index is -3.56. The zero-order valence-electron chi connectivity index (χ0n) is 16.8. The van der Waals surface area contributed by atoms with Gasteiger partial charge >= 0.3 is 0 Å². The Labute approximate surface area is 195 Å². The molecule has 0 fully saturated rings. The molecule has 1 aromatic heterocycles. The van der Waals surface area contributed by atoms with E-state index in [1.54, 1.807) is 6.07 Å². The molecule has 0 aliphatic carbocycles. The van der Waals surface area contributed by atoms with Gasteiger partial charge in [-0.2, -0.15) is 0 Å². The number of carbonyl (C=O) groups excluding carboxylic acids is 1. The average Bonchev–Trinajstić information content (AvgIpc) is 3.15. The smallest absolute Gasteiger partial charge is 0.232 e. The third kappa shape index (κ3) is 6.39. The van der Waals surface area contributed by atoms with E-state index in [1.165, 1.54) is 27.8 Å². The van der Waals surface area contributed by atoms with Gasteiger partial charge in [-0.1, -0.05) is 64.4 Å². The first-order valence-electron chi connectivity index (χ1n) is 9.26. The van der Waals surface area contributed by atoms with Gasteiger partial charge in [0.2, 0.25) is 21.1 Å². The maximum Gasteiger partial charge on any atom is 0.232 e. The van der Waals surface area contributed by atoms with Crippen LogP contribution in [0.4, 0.5) is 10.8 Å². The highest BCUT2D eigenvalue weighted by Crippen LogP contribution is 2.29. The summed E-state index contributed by atoms with van der Waals surface area (Å²) in [6, 6.07) is 12.5. The topological polar surface area (TPSA) is 92.3 Å². The third-order valence-corrected chi connectivity index (χ3v) is 7.15. The van der Waals surface area contributed by atoms with Crippen LogP contribution < -0.4 is 9.62 Å². The number of rotatable bonds is 8. The lowest BCUT2D eigenvalue weighted by Crippen LogP contribution is -2.31. The third-order valence-electron chi connectivity index (χ3n) is 4.33. The number of nitrogens with zero attached hydrogens (tertiary/aromatic N) is 3. The molecular weight excluding hydrogens is 479 g/mol. The lowest BCUT2D eigenvalue weighted by molar-refractivity contribution is -0.116. The highest BCUT2D eigenvalue weighted by molar-refractivity contribution is 7.92. The Morgan fingerprint density at radius 2 is 1.81 bits per heavy atom. The summed E-state index contributed by atoms with van der Waals surface area (Å²) in [6.07, 6.45) is 1.53.